The molecule has 1 aliphatic rings. The maximum Gasteiger partial charge on any atom is 0.255 e. The Labute approximate surface area is 167 Å². The van der Waals surface area contributed by atoms with Crippen LogP contribution in [0.2, 0.25) is 10.0 Å². The first-order valence-corrected chi connectivity index (χ1v) is 9.31. The molecule has 27 heavy (non-hydrogen) atoms. The lowest BCUT2D eigenvalue weighted by atomic mass is 10.00. The third-order valence-electron chi connectivity index (χ3n) is 4.55. The number of hydrogen-bond donors (Lipinski definition) is 0. The minimum Gasteiger partial charge on any atom is -0.332 e. The number of halogens is 2. The van der Waals surface area contributed by atoms with E-state index in [1.807, 2.05) is 25.1 Å². The zero-order valence-corrected chi connectivity index (χ0v) is 16.1. The molecule has 0 fully saturated rings. The standard InChI is InChI=1S/C20H16Cl2N4O/c1-12-24-17-11-26(20(27)14-5-4-6-15(21)18(14)22)10-8-13(17)19(25-12)16-7-2-3-9-23-16/h2-7,9H,8,10-11H2,1H3. The summed E-state index contributed by atoms with van der Waals surface area (Å²) in [6.07, 6.45) is 2.41. The van der Waals surface area contributed by atoms with Gasteiger partial charge in [-0.3, -0.25) is 9.78 Å². The molecule has 0 spiro atoms. The molecule has 0 aliphatic carbocycles. The fraction of sp³-hybridized carbons (Fsp3) is 0.200. The number of nitrogens with zero attached hydrogens (tertiary/aromatic N) is 4. The lowest BCUT2D eigenvalue weighted by Gasteiger charge is -2.29. The highest BCUT2D eigenvalue weighted by atomic mass is 35.5. The Morgan fingerprint density at radius 3 is 2.74 bits per heavy atom. The average Bonchev–Trinajstić information content (AvgIpc) is 2.69. The molecule has 4 rings (SSSR count). The number of fused-ring (bicyclic) bond motifs is 1. The first kappa shape index (κ1) is 17.9. The Bertz CT molecular complexity index is 1020. The highest BCUT2D eigenvalue weighted by Crippen LogP contribution is 2.30. The fourth-order valence-electron chi connectivity index (χ4n) is 3.28. The van der Waals surface area contributed by atoms with Crippen LogP contribution in [0.15, 0.2) is 42.6 Å². The third-order valence-corrected chi connectivity index (χ3v) is 5.37. The molecule has 0 saturated carbocycles. The van der Waals surface area contributed by atoms with E-state index < -0.39 is 0 Å². The van der Waals surface area contributed by atoms with Gasteiger partial charge < -0.3 is 4.90 Å². The summed E-state index contributed by atoms with van der Waals surface area (Å²) in [5, 5.41) is 0.651. The minimum absolute atomic E-state index is 0.149. The molecule has 7 heteroatoms. The van der Waals surface area contributed by atoms with Gasteiger partial charge in [0, 0.05) is 18.3 Å². The van der Waals surface area contributed by atoms with Crippen LogP contribution in [-0.4, -0.2) is 32.3 Å². The second-order valence-electron chi connectivity index (χ2n) is 6.34. The summed E-state index contributed by atoms with van der Waals surface area (Å²) in [5.74, 6) is 0.508. The summed E-state index contributed by atoms with van der Waals surface area (Å²) >= 11 is 12.3. The van der Waals surface area contributed by atoms with Gasteiger partial charge in [-0.1, -0.05) is 35.3 Å². The quantitative estimate of drug-likeness (QED) is 0.643. The summed E-state index contributed by atoms with van der Waals surface area (Å²) in [5.41, 5.74) is 3.95. The van der Waals surface area contributed by atoms with Gasteiger partial charge in [0.25, 0.3) is 5.91 Å². The number of pyridine rings is 1. The van der Waals surface area contributed by atoms with Gasteiger partial charge in [-0.15, -0.1) is 0 Å². The minimum atomic E-state index is -0.149. The van der Waals surface area contributed by atoms with E-state index in [1.165, 1.54) is 0 Å². The molecule has 5 nitrogen and oxygen atoms in total. The zero-order valence-electron chi connectivity index (χ0n) is 14.6. The van der Waals surface area contributed by atoms with Crippen LogP contribution < -0.4 is 0 Å². The molecule has 1 aliphatic heterocycles. The topological polar surface area (TPSA) is 59.0 Å². The van der Waals surface area contributed by atoms with E-state index in [2.05, 4.69) is 15.0 Å². The van der Waals surface area contributed by atoms with Crippen LogP contribution in [-0.2, 0) is 13.0 Å². The first-order valence-electron chi connectivity index (χ1n) is 8.55. The van der Waals surface area contributed by atoms with Crippen molar-refractivity contribution in [3.05, 3.63) is 75.3 Å². The maximum absolute atomic E-state index is 12.9. The summed E-state index contributed by atoms with van der Waals surface area (Å²) in [6, 6.07) is 10.8. The summed E-state index contributed by atoms with van der Waals surface area (Å²) < 4.78 is 0. The van der Waals surface area contributed by atoms with Crippen molar-refractivity contribution < 1.29 is 4.79 Å². The van der Waals surface area contributed by atoms with Crippen molar-refractivity contribution >= 4 is 29.1 Å². The van der Waals surface area contributed by atoms with E-state index in [9.17, 15) is 4.79 Å². The van der Waals surface area contributed by atoms with Gasteiger partial charge in [0.15, 0.2) is 0 Å². The zero-order chi connectivity index (χ0) is 19.0. The molecule has 0 unspecified atom stereocenters. The molecule has 136 valence electrons. The molecule has 3 heterocycles. The Hall–Kier alpha value is -2.50. The third kappa shape index (κ3) is 3.40. The van der Waals surface area contributed by atoms with Crippen LogP contribution in [0.1, 0.15) is 27.4 Å². The van der Waals surface area contributed by atoms with E-state index in [-0.39, 0.29) is 10.9 Å². The summed E-state index contributed by atoms with van der Waals surface area (Å²) in [7, 11) is 0. The molecule has 0 radical (unpaired) electrons. The largest absolute Gasteiger partial charge is 0.332 e. The van der Waals surface area contributed by atoms with Crippen molar-refractivity contribution in [2.75, 3.05) is 6.54 Å². The van der Waals surface area contributed by atoms with Crippen molar-refractivity contribution in [2.45, 2.75) is 19.9 Å². The number of carbonyl (C=O) groups is 1. The van der Waals surface area contributed by atoms with Gasteiger partial charge in [0.2, 0.25) is 0 Å². The monoisotopic (exact) mass is 398 g/mol. The van der Waals surface area contributed by atoms with Crippen molar-refractivity contribution in [3.8, 4) is 11.4 Å². The predicted octanol–water partition coefficient (Wildman–Crippen LogP) is 4.35. The molecule has 1 aromatic carbocycles. The number of rotatable bonds is 2. The lowest BCUT2D eigenvalue weighted by Crippen LogP contribution is -2.37. The van der Waals surface area contributed by atoms with Crippen LogP contribution in [0.5, 0.6) is 0 Å². The Morgan fingerprint density at radius 1 is 1.11 bits per heavy atom. The molecule has 0 atom stereocenters. The van der Waals surface area contributed by atoms with Crippen LogP contribution in [0.4, 0.5) is 0 Å². The van der Waals surface area contributed by atoms with Crippen LogP contribution >= 0.6 is 23.2 Å². The van der Waals surface area contributed by atoms with Crippen LogP contribution in [0.3, 0.4) is 0 Å². The van der Waals surface area contributed by atoms with Crippen LogP contribution in [0, 0.1) is 6.92 Å². The van der Waals surface area contributed by atoms with E-state index in [1.54, 1.807) is 29.3 Å². The van der Waals surface area contributed by atoms with Gasteiger partial charge in [0.05, 0.1) is 39.2 Å². The molecule has 1 amide bonds. The lowest BCUT2D eigenvalue weighted by molar-refractivity contribution is 0.0732. The number of aromatic nitrogens is 3. The molecule has 0 saturated heterocycles. The second-order valence-corrected chi connectivity index (χ2v) is 7.12. The van der Waals surface area contributed by atoms with Crippen molar-refractivity contribution in [2.24, 2.45) is 0 Å². The Morgan fingerprint density at radius 2 is 1.96 bits per heavy atom. The van der Waals surface area contributed by atoms with Crippen LogP contribution in [0.25, 0.3) is 11.4 Å². The molecule has 0 N–H and O–H groups in total. The SMILES string of the molecule is Cc1nc2c(c(-c3ccccn3)n1)CCN(C(=O)c1cccc(Cl)c1Cl)C2. The number of benzene rings is 1. The predicted molar refractivity (Wildman–Crippen MR) is 105 cm³/mol. The highest BCUT2D eigenvalue weighted by Gasteiger charge is 2.27. The Kier molecular flexibility index (Phi) is 4.81. The van der Waals surface area contributed by atoms with Crippen molar-refractivity contribution in [1.29, 1.82) is 0 Å². The first-order chi connectivity index (χ1) is 13.0. The van der Waals surface area contributed by atoms with Gasteiger partial charge in [-0.25, -0.2) is 9.97 Å². The molecular weight excluding hydrogens is 383 g/mol. The molecule has 2 aromatic heterocycles. The van der Waals surface area contributed by atoms with E-state index in [4.69, 9.17) is 23.2 Å². The molecular formula is C20H16Cl2N4O. The highest BCUT2D eigenvalue weighted by molar-refractivity contribution is 6.43. The molecule has 0 bridgehead atoms. The van der Waals surface area contributed by atoms with Crippen molar-refractivity contribution in [1.82, 2.24) is 19.9 Å². The van der Waals surface area contributed by atoms with Crippen molar-refractivity contribution in [3.63, 3.8) is 0 Å². The Balaban J connectivity index is 1.69. The summed E-state index contributed by atoms with van der Waals surface area (Å²) in [4.78, 5) is 28.3. The fourth-order valence-corrected chi connectivity index (χ4v) is 3.66. The normalized spacial score (nSPS) is 13.4. The number of carbonyl (C=O) groups excluding carboxylic acids is 1. The van der Waals surface area contributed by atoms with Gasteiger partial charge in [-0.2, -0.15) is 0 Å². The maximum atomic E-state index is 12.9. The second kappa shape index (κ2) is 7.25. The van der Waals surface area contributed by atoms with Gasteiger partial charge >= 0.3 is 0 Å². The number of hydrogen-bond acceptors (Lipinski definition) is 4. The van der Waals surface area contributed by atoms with E-state index >= 15 is 0 Å². The smallest absolute Gasteiger partial charge is 0.255 e. The van der Waals surface area contributed by atoms with E-state index in [0.29, 0.717) is 35.9 Å². The van der Waals surface area contributed by atoms with Gasteiger partial charge in [-0.05, 0) is 37.6 Å². The summed E-state index contributed by atoms with van der Waals surface area (Å²) in [6.45, 7) is 2.81. The number of amides is 1. The number of aryl methyl sites for hydroxylation is 1. The average molecular weight is 399 g/mol. The van der Waals surface area contributed by atoms with E-state index in [0.717, 1.165) is 22.6 Å². The molecule has 3 aromatic rings. The van der Waals surface area contributed by atoms with Gasteiger partial charge in [0.1, 0.15) is 5.82 Å².